The lowest BCUT2D eigenvalue weighted by molar-refractivity contribution is 0.412. The van der Waals surface area contributed by atoms with Gasteiger partial charge in [0.15, 0.2) is 0 Å². The highest BCUT2D eigenvalue weighted by atomic mass is 32.2. The highest BCUT2D eigenvalue weighted by molar-refractivity contribution is 7.98. The Kier molecular flexibility index (Phi) is 6.02. The Morgan fingerprint density at radius 1 is 1.00 bits per heavy atom. The van der Waals surface area contributed by atoms with Gasteiger partial charge in [0.2, 0.25) is 0 Å². The molecule has 3 aromatic rings. The van der Waals surface area contributed by atoms with E-state index in [-0.39, 0.29) is 12.2 Å². The molecule has 0 spiro atoms. The standard InChI is InChI=1S/C25H26N2OS/c1-3-17-8-10-18(11-9-17)22-16-23(21-6-4-5-7-24(21)28)27-25(26-22)19-12-14-20(29-2)15-13-19/h4-15,23,25,27-28H,3,16H2,1-2H3/t23-,25-/m0/s1. The van der Waals surface area contributed by atoms with Crippen molar-refractivity contribution in [3.8, 4) is 5.75 Å². The second-order valence-electron chi connectivity index (χ2n) is 7.28. The fourth-order valence-electron chi connectivity index (χ4n) is 3.75. The van der Waals surface area contributed by atoms with Crippen molar-refractivity contribution < 1.29 is 5.11 Å². The van der Waals surface area contributed by atoms with Crippen molar-refractivity contribution in [1.82, 2.24) is 5.32 Å². The van der Waals surface area contributed by atoms with E-state index in [9.17, 15) is 5.11 Å². The maximum atomic E-state index is 10.4. The van der Waals surface area contributed by atoms with Crippen molar-refractivity contribution in [2.45, 2.75) is 36.9 Å². The second kappa shape index (κ2) is 8.85. The normalized spacial score (nSPS) is 19.0. The zero-order chi connectivity index (χ0) is 20.2. The van der Waals surface area contributed by atoms with E-state index in [1.165, 1.54) is 10.5 Å². The highest BCUT2D eigenvalue weighted by Gasteiger charge is 2.27. The van der Waals surface area contributed by atoms with E-state index >= 15 is 0 Å². The minimum Gasteiger partial charge on any atom is -0.508 e. The van der Waals surface area contributed by atoms with Crippen LogP contribution in [0.3, 0.4) is 0 Å². The highest BCUT2D eigenvalue weighted by Crippen LogP contribution is 2.34. The van der Waals surface area contributed by atoms with E-state index in [2.05, 4.69) is 67.0 Å². The number of aliphatic imine (C=N–C) groups is 1. The molecular formula is C25H26N2OS. The van der Waals surface area contributed by atoms with Crippen LogP contribution in [0.1, 0.15) is 47.8 Å². The fourth-order valence-corrected chi connectivity index (χ4v) is 4.16. The SMILES string of the molecule is CCc1ccc(C2=N[C@H](c3ccc(SC)cc3)N[C@H](c3ccccc3O)C2)cc1. The molecule has 3 nitrogen and oxygen atoms in total. The van der Waals surface area contributed by atoms with E-state index in [1.807, 2.05) is 18.2 Å². The summed E-state index contributed by atoms with van der Waals surface area (Å²) in [4.78, 5) is 6.29. The van der Waals surface area contributed by atoms with Crippen molar-refractivity contribution in [2.75, 3.05) is 6.26 Å². The van der Waals surface area contributed by atoms with Crippen molar-refractivity contribution in [3.63, 3.8) is 0 Å². The van der Waals surface area contributed by atoms with Gasteiger partial charge in [-0.05, 0) is 47.6 Å². The van der Waals surface area contributed by atoms with Crippen LogP contribution in [-0.4, -0.2) is 17.1 Å². The molecule has 0 bridgehead atoms. The van der Waals surface area contributed by atoms with Crippen molar-refractivity contribution in [2.24, 2.45) is 4.99 Å². The minimum absolute atomic E-state index is 0.000205. The van der Waals surface area contributed by atoms with Gasteiger partial charge in [-0.1, -0.05) is 61.5 Å². The molecule has 0 fully saturated rings. The average molecular weight is 403 g/mol. The number of hydrogen-bond donors (Lipinski definition) is 2. The largest absolute Gasteiger partial charge is 0.508 e. The van der Waals surface area contributed by atoms with Crippen molar-refractivity contribution in [3.05, 3.63) is 95.1 Å². The first-order valence-corrected chi connectivity index (χ1v) is 11.2. The molecule has 0 aromatic heterocycles. The molecule has 1 heterocycles. The molecule has 4 rings (SSSR count). The fraction of sp³-hybridized carbons (Fsp3) is 0.240. The van der Waals surface area contributed by atoms with Gasteiger partial charge in [0.1, 0.15) is 11.9 Å². The van der Waals surface area contributed by atoms with E-state index in [0.717, 1.165) is 35.2 Å². The van der Waals surface area contributed by atoms with Crippen molar-refractivity contribution >= 4 is 17.5 Å². The molecule has 29 heavy (non-hydrogen) atoms. The Hall–Kier alpha value is -2.56. The van der Waals surface area contributed by atoms with E-state index in [0.29, 0.717) is 5.75 Å². The quantitative estimate of drug-likeness (QED) is 0.522. The molecule has 148 valence electrons. The number of phenolic OH excluding ortho intramolecular Hbond substituents is 1. The lowest BCUT2D eigenvalue weighted by atomic mass is 9.93. The number of aryl methyl sites for hydroxylation is 1. The Morgan fingerprint density at radius 3 is 2.38 bits per heavy atom. The molecule has 1 aliphatic rings. The summed E-state index contributed by atoms with van der Waals surface area (Å²) < 4.78 is 0. The van der Waals surface area contributed by atoms with E-state index in [4.69, 9.17) is 4.99 Å². The molecule has 0 aliphatic carbocycles. The number of aromatic hydroxyl groups is 1. The Labute approximate surface area is 176 Å². The summed E-state index contributed by atoms with van der Waals surface area (Å²) in [6, 6.07) is 24.8. The van der Waals surface area contributed by atoms with Gasteiger partial charge in [-0.25, -0.2) is 0 Å². The Balaban J connectivity index is 1.72. The molecule has 0 saturated heterocycles. The number of rotatable bonds is 5. The first-order valence-electron chi connectivity index (χ1n) is 10.0. The summed E-state index contributed by atoms with van der Waals surface area (Å²) in [6.45, 7) is 2.17. The number of thioether (sulfide) groups is 1. The maximum absolute atomic E-state index is 10.4. The molecular weight excluding hydrogens is 376 g/mol. The van der Waals surface area contributed by atoms with Crippen LogP contribution in [0.5, 0.6) is 5.75 Å². The number of nitrogens with zero attached hydrogens (tertiary/aromatic N) is 1. The van der Waals surface area contributed by atoms with Gasteiger partial charge < -0.3 is 5.11 Å². The van der Waals surface area contributed by atoms with E-state index in [1.54, 1.807) is 17.8 Å². The second-order valence-corrected chi connectivity index (χ2v) is 8.16. The van der Waals surface area contributed by atoms with Crippen LogP contribution in [0.25, 0.3) is 0 Å². The molecule has 0 amide bonds. The summed E-state index contributed by atoms with van der Waals surface area (Å²) in [5.74, 6) is 0.323. The Morgan fingerprint density at radius 2 is 1.72 bits per heavy atom. The van der Waals surface area contributed by atoms with Gasteiger partial charge in [0, 0.05) is 28.6 Å². The number of hydrogen-bond acceptors (Lipinski definition) is 4. The lowest BCUT2D eigenvalue weighted by Crippen LogP contribution is -2.33. The Bertz CT molecular complexity index is 996. The van der Waals surface area contributed by atoms with Gasteiger partial charge >= 0.3 is 0 Å². The molecule has 0 unspecified atom stereocenters. The van der Waals surface area contributed by atoms with Gasteiger partial charge in [0.05, 0.1) is 0 Å². The zero-order valence-corrected chi connectivity index (χ0v) is 17.6. The number of benzene rings is 3. The van der Waals surface area contributed by atoms with Crippen LogP contribution >= 0.6 is 11.8 Å². The molecule has 4 heteroatoms. The number of para-hydroxylation sites is 1. The van der Waals surface area contributed by atoms with Gasteiger partial charge in [-0.3, -0.25) is 10.3 Å². The summed E-state index contributed by atoms with van der Waals surface area (Å²) in [5, 5.41) is 14.1. The summed E-state index contributed by atoms with van der Waals surface area (Å²) >= 11 is 1.74. The first kappa shape index (κ1) is 19.7. The van der Waals surface area contributed by atoms with Crippen LogP contribution in [0, 0.1) is 0 Å². The third kappa shape index (κ3) is 4.39. The third-order valence-corrected chi connectivity index (χ3v) is 6.22. The van der Waals surface area contributed by atoms with E-state index < -0.39 is 0 Å². The topological polar surface area (TPSA) is 44.6 Å². The summed E-state index contributed by atoms with van der Waals surface area (Å²) in [6.07, 6.45) is 3.70. The zero-order valence-electron chi connectivity index (χ0n) is 16.8. The van der Waals surface area contributed by atoms with Gasteiger partial charge in [0.25, 0.3) is 0 Å². The average Bonchev–Trinajstić information content (AvgIpc) is 2.79. The minimum atomic E-state index is -0.148. The summed E-state index contributed by atoms with van der Waals surface area (Å²) in [5.41, 5.74) is 5.58. The monoisotopic (exact) mass is 402 g/mol. The molecule has 2 N–H and O–H groups in total. The van der Waals surface area contributed by atoms with Gasteiger partial charge in [-0.2, -0.15) is 0 Å². The first-order chi connectivity index (χ1) is 14.2. The smallest absolute Gasteiger partial charge is 0.126 e. The molecule has 0 radical (unpaired) electrons. The third-order valence-electron chi connectivity index (χ3n) is 5.48. The van der Waals surface area contributed by atoms with Crippen LogP contribution in [0.2, 0.25) is 0 Å². The molecule has 1 aliphatic heterocycles. The number of nitrogens with one attached hydrogen (secondary N) is 1. The predicted octanol–water partition coefficient (Wildman–Crippen LogP) is 5.90. The predicted molar refractivity (Wildman–Crippen MR) is 122 cm³/mol. The summed E-state index contributed by atoms with van der Waals surface area (Å²) in [7, 11) is 0. The van der Waals surface area contributed by atoms with Gasteiger partial charge in [-0.15, -0.1) is 11.8 Å². The molecule has 3 aromatic carbocycles. The van der Waals surface area contributed by atoms with Crippen LogP contribution in [0.4, 0.5) is 0 Å². The van der Waals surface area contributed by atoms with Crippen molar-refractivity contribution in [1.29, 1.82) is 0 Å². The van der Waals surface area contributed by atoms with Crippen LogP contribution in [-0.2, 0) is 6.42 Å². The van der Waals surface area contributed by atoms with Crippen LogP contribution < -0.4 is 5.32 Å². The van der Waals surface area contributed by atoms with Crippen LogP contribution in [0.15, 0.2) is 82.7 Å². The molecule has 2 atom stereocenters. The molecule has 0 saturated carbocycles. The lowest BCUT2D eigenvalue weighted by Gasteiger charge is -2.31. The number of phenols is 1. The maximum Gasteiger partial charge on any atom is 0.126 e.